The maximum atomic E-state index is 11.9. The van der Waals surface area contributed by atoms with Crippen LogP contribution in [0.3, 0.4) is 0 Å². The summed E-state index contributed by atoms with van der Waals surface area (Å²) >= 11 is 0. The molecule has 0 aliphatic carbocycles. The first-order valence-corrected chi connectivity index (χ1v) is 7.12. The van der Waals surface area contributed by atoms with E-state index in [1.807, 2.05) is 18.0 Å². The third-order valence-electron chi connectivity index (χ3n) is 4.56. The van der Waals surface area contributed by atoms with E-state index < -0.39 is 0 Å². The lowest BCUT2D eigenvalue weighted by Gasteiger charge is -2.47. The molecule has 1 amide bonds. The van der Waals surface area contributed by atoms with Crippen LogP contribution in [-0.4, -0.2) is 42.4 Å². The molecule has 104 valence electrons. The van der Waals surface area contributed by atoms with E-state index in [0.29, 0.717) is 0 Å². The van der Waals surface area contributed by atoms with Crippen molar-refractivity contribution in [3.8, 4) is 0 Å². The van der Waals surface area contributed by atoms with E-state index in [2.05, 4.69) is 36.1 Å². The molecule has 0 aromatic heterocycles. The summed E-state index contributed by atoms with van der Waals surface area (Å²) in [5.41, 5.74) is 1.14. The smallest absolute Gasteiger partial charge is 0.219 e. The van der Waals surface area contributed by atoms with Gasteiger partial charge in [0.15, 0.2) is 0 Å². The minimum atomic E-state index is -0.126. The van der Waals surface area contributed by atoms with E-state index in [1.165, 1.54) is 5.56 Å². The summed E-state index contributed by atoms with van der Waals surface area (Å²) in [6.07, 6.45) is 2.03. The van der Waals surface area contributed by atoms with Crippen LogP contribution in [0.5, 0.6) is 0 Å². The lowest BCUT2D eigenvalue weighted by Crippen LogP contribution is -2.53. The molecule has 2 rings (SSSR count). The Hall–Kier alpha value is -1.35. The number of carbonyl (C=O) groups is 1. The van der Waals surface area contributed by atoms with Crippen LogP contribution in [0.15, 0.2) is 30.3 Å². The second-order valence-corrected chi connectivity index (χ2v) is 5.41. The fourth-order valence-electron chi connectivity index (χ4n) is 3.11. The number of likely N-dealkylation sites (tertiary alicyclic amines) is 1. The number of carbonyl (C=O) groups excluding carboxylic acids is 1. The zero-order chi connectivity index (χ0) is 13.9. The standard InChI is InChI=1S/C16H24N2O/c1-4-18-12-10-16(11-13-18,17(3)14(2)19)15-8-6-5-7-9-15/h5-9H,4,10-13H2,1-3H3. The molecule has 0 atom stereocenters. The van der Waals surface area contributed by atoms with Gasteiger partial charge in [-0.25, -0.2) is 0 Å². The van der Waals surface area contributed by atoms with Crippen LogP contribution < -0.4 is 0 Å². The summed E-state index contributed by atoms with van der Waals surface area (Å²) in [5, 5.41) is 0. The number of rotatable bonds is 3. The third-order valence-corrected chi connectivity index (χ3v) is 4.56. The largest absolute Gasteiger partial charge is 0.336 e. The highest BCUT2D eigenvalue weighted by Crippen LogP contribution is 2.38. The molecule has 1 heterocycles. The number of benzene rings is 1. The second-order valence-electron chi connectivity index (χ2n) is 5.41. The van der Waals surface area contributed by atoms with E-state index in [9.17, 15) is 4.79 Å². The van der Waals surface area contributed by atoms with Crippen LogP contribution in [0.1, 0.15) is 32.3 Å². The van der Waals surface area contributed by atoms with Crippen molar-refractivity contribution in [2.24, 2.45) is 0 Å². The molecule has 1 aromatic rings. The minimum absolute atomic E-state index is 0.126. The number of hydrogen-bond acceptors (Lipinski definition) is 2. The molecular weight excluding hydrogens is 236 g/mol. The Bertz CT molecular complexity index is 422. The van der Waals surface area contributed by atoms with Gasteiger partial charge in [0, 0.05) is 27.1 Å². The molecule has 0 radical (unpaired) electrons. The summed E-state index contributed by atoms with van der Waals surface area (Å²) in [6, 6.07) is 10.5. The summed E-state index contributed by atoms with van der Waals surface area (Å²) in [7, 11) is 1.94. The molecule has 3 heteroatoms. The predicted molar refractivity (Wildman–Crippen MR) is 77.9 cm³/mol. The van der Waals surface area contributed by atoms with Crippen LogP contribution in [0, 0.1) is 0 Å². The number of amides is 1. The molecule has 0 spiro atoms. The maximum Gasteiger partial charge on any atom is 0.219 e. The average Bonchev–Trinajstić information content (AvgIpc) is 2.47. The Morgan fingerprint density at radius 3 is 2.32 bits per heavy atom. The molecule has 1 saturated heterocycles. The van der Waals surface area contributed by atoms with Crippen LogP contribution in [0.4, 0.5) is 0 Å². The molecule has 3 nitrogen and oxygen atoms in total. The summed E-state index contributed by atoms with van der Waals surface area (Å²) in [5.74, 6) is 0.147. The van der Waals surface area contributed by atoms with Crippen molar-refractivity contribution < 1.29 is 4.79 Å². The van der Waals surface area contributed by atoms with Gasteiger partial charge in [-0.15, -0.1) is 0 Å². The topological polar surface area (TPSA) is 23.6 Å². The maximum absolute atomic E-state index is 11.9. The van der Waals surface area contributed by atoms with Crippen molar-refractivity contribution in [2.75, 3.05) is 26.7 Å². The van der Waals surface area contributed by atoms with Crippen LogP contribution in [0.2, 0.25) is 0 Å². The molecule has 0 unspecified atom stereocenters. The van der Waals surface area contributed by atoms with Crippen LogP contribution >= 0.6 is 0 Å². The highest BCUT2D eigenvalue weighted by Gasteiger charge is 2.40. The van der Waals surface area contributed by atoms with Crippen molar-refractivity contribution >= 4 is 5.91 Å². The van der Waals surface area contributed by atoms with Crippen molar-refractivity contribution in [3.05, 3.63) is 35.9 Å². The normalized spacial score (nSPS) is 19.1. The first kappa shape index (κ1) is 14.1. The average molecular weight is 260 g/mol. The van der Waals surface area contributed by atoms with Gasteiger partial charge in [-0.1, -0.05) is 37.3 Å². The third kappa shape index (κ3) is 2.66. The molecule has 0 N–H and O–H groups in total. The molecule has 19 heavy (non-hydrogen) atoms. The lowest BCUT2D eigenvalue weighted by molar-refractivity contribution is -0.135. The number of hydrogen-bond donors (Lipinski definition) is 0. The number of nitrogens with zero attached hydrogens (tertiary/aromatic N) is 2. The van der Waals surface area contributed by atoms with Gasteiger partial charge < -0.3 is 9.80 Å². The highest BCUT2D eigenvalue weighted by atomic mass is 16.2. The Labute approximate surface area is 116 Å². The second kappa shape index (κ2) is 5.74. The molecule has 1 aliphatic heterocycles. The quantitative estimate of drug-likeness (QED) is 0.833. The van der Waals surface area contributed by atoms with Gasteiger partial charge in [0.1, 0.15) is 0 Å². The van der Waals surface area contributed by atoms with E-state index >= 15 is 0 Å². The van der Waals surface area contributed by atoms with E-state index in [1.54, 1.807) is 6.92 Å². The summed E-state index contributed by atoms with van der Waals surface area (Å²) in [6.45, 7) is 7.07. The molecule has 1 aromatic carbocycles. The molecule has 0 bridgehead atoms. The Balaban J connectivity index is 2.32. The lowest BCUT2D eigenvalue weighted by atomic mass is 9.79. The molecular formula is C16H24N2O. The van der Waals surface area contributed by atoms with Crippen molar-refractivity contribution in [1.29, 1.82) is 0 Å². The van der Waals surface area contributed by atoms with Gasteiger partial charge in [-0.3, -0.25) is 4.79 Å². The zero-order valence-corrected chi connectivity index (χ0v) is 12.2. The van der Waals surface area contributed by atoms with E-state index in [0.717, 1.165) is 32.5 Å². The van der Waals surface area contributed by atoms with Gasteiger partial charge in [-0.2, -0.15) is 0 Å². The fraction of sp³-hybridized carbons (Fsp3) is 0.562. The zero-order valence-electron chi connectivity index (χ0n) is 12.2. The van der Waals surface area contributed by atoms with Crippen molar-refractivity contribution in [3.63, 3.8) is 0 Å². The molecule has 1 fully saturated rings. The Morgan fingerprint density at radius 2 is 1.84 bits per heavy atom. The minimum Gasteiger partial charge on any atom is -0.336 e. The Kier molecular flexibility index (Phi) is 4.25. The Morgan fingerprint density at radius 1 is 1.26 bits per heavy atom. The van der Waals surface area contributed by atoms with E-state index in [4.69, 9.17) is 0 Å². The van der Waals surface area contributed by atoms with Gasteiger partial charge in [-0.05, 0) is 24.9 Å². The van der Waals surface area contributed by atoms with Crippen LogP contribution in [0.25, 0.3) is 0 Å². The van der Waals surface area contributed by atoms with Crippen molar-refractivity contribution in [1.82, 2.24) is 9.80 Å². The van der Waals surface area contributed by atoms with Gasteiger partial charge >= 0.3 is 0 Å². The van der Waals surface area contributed by atoms with Gasteiger partial charge in [0.2, 0.25) is 5.91 Å². The first-order valence-electron chi connectivity index (χ1n) is 7.12. The molecule has 0 saturated carbocycles. The van der Waals surface area contributed by atoms with E-state index in [-0.39, 0.29) is 11.4 Å². The highest BCUT2D eigenvalue weighted by molar-refractivity contribution is 5.74. The number of piperidine rings is 1. The van der Waals surface area contributed by atoms with Gasteiger partial charge in [0.25, 0.3) is 0 Å². The summed E-state index contributed by atoms with van der Waals surface area (Å²) < 4.78 is 0. The van der Waals surface area contributed by atoms with Gasteiger partial charge in [0.05, 0.1) is 5.54 Å². The van der Waals surface area contributed by atoms with Crippen LogP contribution in [-0.2, 0) is 10.3 Å². The predicted octanol–water partition coefficient (Wildman–Crippen LogP) is 2.48. The summed E-state index contributed by atoms with van der Waals surface area (Å²) in [4.78, 5) is 16.3. The monoisotopic (exact) mass is 260 g/mol. The first-order chi connectivity index (χ1) is 9.10. The van der Waals surface area contributed by atoms with Crippen molar-refractivity contribution in [2.45, 2.75) is 32.2 Å². The molecule has 1 aliphatic rings. The SMILES string of the molecule is CCN1CCC(c2ccccc2)(N(C)C(C)=O)CC1. The fourth-order valence-corrected chi connectivity index (χ4v) is 3.11.